The number of methoxy groups -OCH3 is 3. The molecule has 1 aliphatic heterocycles. The Labute approximate surface area is 245 Å². The minimum absolute atomic E-state index is 0.0640. The van der Waals surface area contributed by atoms with E-state index in [0.717, 1.165) is 15.8 Å². The second-order valence-electron chi connectivity index (χ2n) is 9.82. The number of ketones is 1. The number of allylic oxidation sites excluding steroid dienone is 2. The molecular weight excluding hydrogens is 568 g/mol. The summed E-state index contributed by atoms with van der Waals surface area (Å²) in [6, 6.07) is 9.83. The Morgan fingerprint density at radius 3 is 2.29 bits per heavy atom. The largest absolute Gasteiger partial charge is 0.493 e. The number of esters is 1. The summed E-state index contributed by atoms with van der Waals surface area (Å²) in [4.78, 5) is 43.6. The second-order valence-corrected chi connectivity index (χ2v) is 10.8. The molecule has 5 rings (SSSR count). The Kier molecular flexibility index (Phi) is 8.31. The molecule has 1 amide bonds. The average molecular weight is 598 g/mol. The Morgan fingerprint density at radius 1 is 1.00 bits per heavy atom. The van der Waals surface area contributed by atoms with Gasteiger partial charge in [0.2, 0.25) is 11.7 Å². The molecule has 0 spiro atoms. The third kappa shape index (κ3) is 5.02. The number of thiophene rings is 1. The van der Waals surface area contributed by atoms with Crippen LogP contribution in [0.1, 0.15) is 42.0 Å². The third-order valence-electron chi connectivity index (χ3n) is 7.61. The number of hydrogen-bond acceptors (Lipinski definition) is 8. The lowest BCUT2D eigenvalue weighted by atomic mass is 9.69. The topological polar surface area (TPSA) is 91.4 Å². The van der Waals surface area contributed by atoms with Crippen LogP contribution in [0.4, 0.5) is 14.5 Å². The lowest BCUT2D eigenvalue weighted by Gasteiger charge is -2.42. The zero-order valence-corrected chi connectivity index (χ0v) is 24.3. The van der Waals surface area contributed by atoms with E-state index in [0.29, 0.717) is 28.9 Å². The summed E-state index contributed by atoms with van der Waals surface area (Å²) in [5.74, 6) is -5.15. The van der Waals surface area contributed by atoms with Crippen LogP contribution in [0.2, 0.25) is 0 Å². The van der Waals surface area contributed by atoms with Crippen LogP contribution in [0.25, 0.3) is 0 Å². The van der Waals surface area contributed by atoms with Gasteiger partial charge < -0.3 is 18.9 Å². The van der Waals surface area contributed by atoms with Gasteiger partial charge in [0.1, 0.15) is 17.6 Å². The van der Waals surface area contributed by atoms with Crippen molar-refractivity contribution in [2.75, 3.05) is 32.8 Å². The maximum atomic E-state index is 15.2. The number of hydrogen-bond donors (Lipinski definition) is 0. The van der Waals surface area contributed by atoms with Gasteiger partial charge in [0.15, 0.2) is 17.3 Å². The summed E-state index contributed by atoms with van der Waals surface area (Å²) >= 11 is 1.37. The lowest BCUT2D eigenvalue weighted by molar-refractivity contribution is -0.152. The van der Waals surface area contributed by atoms with Crippen molar-refractivity contribution in [2.24, 2.45) is 5.92 Å². The number of Topliss-reactive ketones (excluding diaryl/α,β-unsaturated/α-hetero) is 1. The second kappa shape index (κ2) is 11.9. The van der Waals surface area contributed by atoms with E-state index >= 15 is 4.39 Å². The maximum absolute atomic E-state index is 15.2. The Morgan fingerprint density at radius 2 is 1.71 bits per heavy atom. The zero-order valence-electron chi connectivity index (χ0n) is 23.4. The van der Waals surface area contributed by atoms with E-state index in [9.17, 15) is 18.8 Å². The predicted octanol–water partition coefficient (Wildman–Crippen LogP) is 5.76. The highest BCUT2D eigenvalue weighted by molar-refractivity contribution is 7.10. The van der Waals surface area contributed by atoms with Crippen molar-refractivity contribution in [2.45, 2.75) is 31.6 Å². The number of anilines is 1. The van der Waals surface area contributed by atoms with Crippen LogP contribution in [0.15, 0.2) is 59.1 Å². The first-order valence-corrected chi connectivity index (χ1v) is 14.2. The fourth-order valence-corrected chi connectivity index (χ4v) is 6.70. The molecule has 3 aromatic rings. The number of benzene rings is 2. The molecule has 1 aromatic heterocycles. The fraction of sp³-hybridized carbons (Fsp3) is 0.323. The van der Waals surface area contributed by atoms with Gasteiger partial charge in [-0.25, -0.2) is 8.78 Å². The van der Waals surface area contributed by atoms with Gasteiger partial charge in [-0.05, 0) is 54.6 Å². The highest BCUT2D eigenvalue weighted by Crippen LogP contribution is 2.52. The van der Waals surface area contributed by atoms with Gasteiger partial charge in [-0.1, -0.05) is 6.07 Å². The van der Waals surface area contributed by atoms with Crippen LogP contribution in [-0.2, 0) is 19.1 Å². The molecule has 0 saturated heterocycles. The first-order valence-electron chi connectivity index (χ1n) is 13.3. The van der Waals surface area contributed by atoms with Gasteiger partial charge in [-0.2, -0.15) is 0 Å². The van der Waals surface area contributed by atoms with E-state index in [1.807, 2.05) is 11.4 Å². The number of nitrogens with zero attached hydrogens (tertiary/aromatic N) is 1. The standard InChI is InChI=1S/C31H29F2NO7S/c1-5-41-31(37)28-19(25-7-6-10-42-25)14-22-27(29(28)36)18(16-11-23(38-2)30(40-4)24(12-16)39-3)15-26(35)34(22)21-9-8-17(32)13-20(21)33/h6-13,18-19,28H,5,14-15H2,1-4H3/t18-,19+,28+/m0/s1. The average Bonchev–Trinajstić information content (AvgIpc) is 3.51. The maximum Gasteiger partial charge on any atom is 0.317 e. The molecule has 220 valence electrons. The van der Waals surface area contributed by atoms with Crippen LogP contribution in [0.3, 0.4) is 0 Å². The number of carbonyl (C=O) groups is 3. The van der Waals surface area contributed by atoms with Gasteiger partial charge in [0, 0.05) is 40.5 Å². The van der Waals surface area contributed by atoms with E-state index in [-0.39, 0.29) is 36.4 Å². The summed E-state index contributed by atoms with van der Waals surface area (Å²) in [5, 5.41) is 1.83. The molecule has 3 atom stereocenters. The SMILES string of the molecule is CCOC(=O)[C@H]1C(=O)C2=C(C[C@@H]1c1cccs1)N(c1ccc(F)cc1F)C(=O)C[C@H]2c1cc(OC)c(OC)c(OC)c1. The highest BCUT2D eigenvalue weighted by atomic mass is 32.1. The van der Waals surface area contributed by atoms with Crippen LogP contribution in [-0.4, -0.2) is 45.6 Å². The first-order chi connectivity index (χ1) is 20.2. The number of halogens is 2. The van der Waals surface area contributed by atoms with Crippen molar-refractivity contribution in [1.29, 1.82) is 0 Å². The van der Waals surface area contributed by atoms with E-state index in [1.54, 1.807) is 25.1 Å². The number of ether oxygens (including phenoxy) is 4. The molecule has 1 aliphatic carbocycles. The van der Waals surface area contributed by atoms with Gasteiger partial charge in [-0.15, -0.1) is 11.3 Å². The number of amides is 1. The number of carbonyl (C=O) groups excluding carboxylic acids is 3. The normalized spacial score (nSPS) is 20.3. The van der Waals surface area contributed by atoms with Crippen molar-refractivity contribution >= 4 is 34.7 Å². The summed E-state index contributed by atoms with van der Waals surface area (Å²) < 4.78 is 50.9. The molecule has 0 saturated carbocycles. The van der Waals surface area contributed by atoms with Gasteiger partial charge in [0.25, 0.3) is 0 Å². The summed E-state index contributed by atoms with van der Waals surface area (Å²) in [6.07, 6.45) is -0.173. The summed E-state index contributed by atoms with van der Waals surface area (Å²) in [6.45, 7) is 1.74. The molecule has 11 heteroatoms. The summed E-state index contributed by atoms with van der Waals surface area (Å²) in [7, 11) is 4.36. The monoisotopic (exact) mass is 597 g/mol. The number of rotatable bonds is 8. The van der Waals surface area contributed by atoms with Crippen LogP contribution < -0.4 is 19.1 Å². The molecule has 8 nitrogen and oxygen atoms in total. The van der Waals surface area contributed by atoms with Gasteiger partial charge >= 0.3 is 5.97 Å². The van der Waals surface area contributed by atoms with E-state index in [4.69, 9.17) is 18.9 Å². The van der Waals surface area contributed by atoms with E-state index in [1.165, 1.54) is 38.7 Å². The Balaban J connectivity index is 1.77. The van der Waals surface area contributed by atoms with E-state index in [2.05, 4.69) is 0 Å². The Hall–Kier alpha value is -4.25. The summed E-state index contributed by atoms with van der Waals surface area (Å²) in [5.41, 5.74) is 0.762. The highest BCUT2D eigenvalue weighted by Gasteiger charge is 2.50. The lowest BCUT2D eigenvalue weighted by Crippen LogP contribution is -2.46. The molecule has 2 heterocycles. The molecule has 2 aromatic carbocycles. The molecule has 42 heavy (non-hydrogen) atoms. The molecule has 0 unspecified atom stereocenters. The van der Waals surface area contributed by atoms with Crippen molar-refractivity contribution in [3.05, 3.63) is 81.2 Å². The van der Waals surface area contributed by atoms with Gasteiger partial charge in [0.05, 0.1) is 33.6 Å². The molecular formula is C31H29F2NO7S. The fourth-order valence-electron chi connectivity index (χ4n) is 5.83. The quantitative estimate of drug-likeness (QED) is 0.241. The molecule has 0 N–H and O–H groups in total. The Bertz CT molecular complexity index is 1540. The predicted molar refractivity (Wildman–Crippen MR) is 151 cm³/mol. The zero-order chi connectivity index (χ0) is 30.1. The van der Waals surface area contributed by atoms with E-state index < -0.39 is 47.0 Å². The van der Waals surface area contributed by atoms with Gasteiger partial charge in [-0.3, -0.25) is 19.3 Å². The van der Waals surface area contributed by atoms with Crippen molar-refractivity contribution in [3.63, 3.8) is 0 Å². The minimum Gasteiger partial charge on any atom is -0.493 e. The van der Waals surface area contributed by atoms with Crippen molar-refractivity contribution < 1.29 is 42.1 Å². The van der Waals surface area contributed by atoms with Crippen LogP contribution in [0, 0.1) is 17.6 Å². The van der Waals surface area contributed by atoms with Crippen LogP contribution >= 0.6 is 11.3 Å². The minimum atomic E-state index is -1.18. The molecule has 0 radical (unpaired) electrons. The smallest absolute Gasteiger partial charge is 0.317 e. The molecule has 0 bridgehead atoms. The molecule has 2 aliphatic rings. The van der Waals surface area contributed by atoms with Crippen LogP contribution in [0.5, 0.6) is 17.2 Å². The molecule has 0 fully saturated rings. The first kappa shape index (κ1) is 29.2. The van der Waals surface area contributed by atoms with Crippen molar-refractivity contribution in [1.82, 2.24) is 0 Å². The third-order valence-corrected chi connectivity index (χ3v) is 8.61. The van der Waals surface area contributed by atoms with Crippen molar-refractivity contribution in [3.8, 4) is 17.2 Å².